The highest BCUT2D eigenvalue weighted by molar-refractivity contribution is 6.67. The number of carbonyl (C=O) groups excluding carboxylic acids is 1. The van der Waals surface area contributed by atoms with Gasteiger partial charge in [-0.05, 0) is 41.9 Å². The van der Waals surface area contributed by atoms with Gasteiger partial charge in [0, 0.05) is 5.56 Å². The van der Waals surface area contributed by atoms with E-state index in [1.165, 1.54) is 13.2 Å². The van der Waals surface area contributed by atoms with Crippen molar-refractivity contribution in [3.05, 3.63) is 41.1 Å². The van der Waals surface area contributed by atoms with Gasteiger partial charge in [-0.15, -0.1) is 0 Å². The van der Waals surface area contributed by atoms with Crippen LogP contribution in [0.4, 0.5) is 0 Å². The average Bonchev–Trinajstić information content (AvgIpc) is 2.78. The van der Waals surface area contributed by atoms with Crippen LogP contribution in [0.1, 0.15) is 10.6 Å². The van der Waals surface area contributed by atoms with Crippen molar-refractivity contribution in [3.63, 3.8) is 0 Å². The lowest BCUT2D eigenvalue weighted by Gasteiger charge is -2.03. The van der Waals surface area contributed by atoms with Crippen LogP contribution >= 0.6 is 23.2 Å². The second-order valence-electron chi connectivity index (χ2n) is 3.29. The quantitative estimate of drug-likeness (QED) is 0.792. The van der Waals surface area contributed by atoms with E-state index in [1.54, 1.807) is 24.3 Å². The Morgan fingerprint density at radius 3 is 2.59 bits per heavy atom. The molecule has 0 atom stereocenters. The maximum Gasteiger partial charge on any atom is 0.287 e. The standard InChI is InChI=1S/C12H8Cl2O3/c1-16-10-3-2-7(6-8(10)13)9-4-5-11(17-9)12(14)15/h2-6H,1H3. The highest BCUT2D eigenvalue weighted by Gasteiger charge is 2.11. The van der Waals surface area contributed by atoms with Crippen molar-refractivity contribution in [2.24, 2.45) is 0 Å². The van der Waals surface area contributed by atoms with Crippen LogP contribution in [0.2, 0.25) is 5.02 Å². The molecule has 0 saturated carbocycles. The van der Waals surface area contributed by atoms with Crippen LogP contribution in [0.5, 0.6) is 5.75 Å². The molecule has 0 unspecified atom stereocenters. The molecule has 5 heteroatoms. The fraction of sp³-hybridized carbons (Fsp3) is 0.0833. The van der Waals surface area contributed by atoms with Crippen molar-refractivity contribution in [3.8, 4) is 17.1 Å². The summed E-state index contributed by atoms with van der Waals surface area (Å²) in [6.45, 7) is 0. The first-order valence-electron chi connectivity index (χ1n) is 4.75. The fourth-order valence-corrected chi connectivity index (χ4v) is 1.78. The first kappa shape index (κ1) is 12.0. The number of methoxy groups -OCH3 is 1. The molecule has 0 bridgehead atoms. The molecule has 88 valence electrons. The van der Waals surface area contributed by atoms with E-state index in [2.05, 4.69) is 0 Å². The Bertz CT molecular complexity index is 561. The fourth-order valence-electron chi connectivity index (χ4n) is 1.42. The van der Waals surface area contributed by atoms with Gasteiger partial charge < -0.3 is 9.15 Å². The third kappa shape index (κ3) is 2.46. The van der Waals surface area contributed by atoms with E-state index >= 15 is 0 Å². The summed E-state index contributed by atoms with van der Waals surface area (Å²) in [5, 5.41) is -0.156. The molecule has 0 aliphatic heterocycles. The van der Waals surface area contributed by atoms with Gasteiger partial charge in [-0.2, -0.15) is 0 Å². The maximum absolute atomic E-state index is 10.9. The molecule has 3 nitrogen and oxygen atoms in total. The van der Waals surface area contributed by atoms with E-state index in [-0.39, 0.29) is 5.76 Å². The number of furan rings is 1. The van der Waals surface area contributed by atoms with Crippen LogP contribution in [0.15, 0.2) is 34.7 Å². The summed E-state index contributed by atoms with van der Waals surface area (Å²) in [6, 6.07) is 8.38. The van der Waals surface area contributed by atoms with E-state index in [0.29, 0.717) is 16.5 Å². The molecule has 0 spiro atoms. The molecule has 1 aromatic heterocycles. The van der Waals surface area contributed by atoms with Crippen molar-refractivity contribution in [1.82, 2.24) is 0 Å². The molecule has 0 aliphatic rings. The summed E-state index contributed by atoms with van der Waals surface area (Å²) < 4.78 is 10.3. The molecular formula is C12H8Cl2O3. The molecular weight excluding hydrogens is 263 g/mol. The van der Waals surface area contributed by atoms with Crippen LogP contribution in [0, 0.1) is 0 Å². The zero-order valence-electron chi connectivity index (χ0n) is 8.87. The Morgan fingerprint density at radius 2 is 2.06 bits per heavy atom. The first-order chi connectivity index (χ1) is 8.11. The van der Waals surface area contributed by atoms with Gasteiger partial charge >= 0.3 is 0 Å². The summed E-state index contributed by atoms with van der Waals surface area (Å²) >= 11 is 11.3. The van der Waals surface area contributed by atoms with Gasteiger partial charge in [0.15, 0.2) is 5.76 Å². The molecule has 0 N–H and O–H groups in total. The smallest absolute Gasteiger partial charge is 0.287 e. The molecule has 0 amide bonds. The molecule has 2 rings (SSSR count). The third-order valence-corrected chi connectivity index (χ3v) is 2.72. The lowest BCUT2D eigenvalue weighted by Crippen LogP contribution is -1.84. The Labute approximate surface area is 108 Å². The van der Waals surface area contributed by atoms with Crippen LogP contribution in [-0.2, 0) is 0 Å². The van der Waals surface area contributed by atoms with Crippen molar-refractivity contribution in [1.29, 1.82) is 0 Å². The summed E-state index contributed by atoms with van der Waals surface area (Å²) in [7, 11) is 1.54. The van der Waals surface area contributed by atoms with Gasteiger partial charge in [-0.25, -0.2) is 0 Å². The lowest BCUT2D eigenvalue weighted by atomic mass is 10.2. The predicted molar refractivity (Wildman–Crippen MR) is 65.9 cm³/mol. The molecule has 0 aliphatic carbocycles. The van der Waals surface area contributed by atoms with Gasteiger partial charge in [-0.3, -0.25) is 4.79 Å². The van der Waals surface area contributed by atoms with Gasteiger partial charge in [0.25, 0.3) is 5.24 Å². The van der Waals surface area contributed by atoms with Crippen LogP contribution in [-0.4, -0.2) is 12.4 Å². The predicted octanol–water partition coefficient (Wildman–Crippen LogP) is 3.99. The monoisotopic (exact) mass is 270 g/mol. The highest BCUT2D eigenvalue weighted by atomic mass is 35.5. The lowest BCUT2D eigenvalue weighted by molar-refractivity contribution is 0.105. The number of benzene rings is 1. The van der Waals surface area contributed by atoms with Crippen LogP contribution in [0.25, 0.3) is 11.3 Å². The molecule has 2 aromatic rings. The minimum absolute atomic E-state index is 0.105. The normalized spacial score (nSPS) is 10.3. The number of ether oxygens (including phenoxy) is 1. The first-order valence-corrected chi connectivity index (χ1v) is 5.51. The van der Waals surface area contributed by atoms with E-state index in [9.17, 15) is 4.79 Å². The highest BCUT2D eigenvalue weighted by Crippen LogP contribution is 2.31. The molecule has 1 aromatic carbocycles. The number of hydrogen-bond donors (Lipinski definition) is 0. The zero-order chi connectivity index (χ0) is 12.4. The summed E-state index contributed by atoms with van der Waals surface area (Å²) in [5.74, 6) is 1.21. The topological polar surface area (TPSA) is 39.4 Å². The van der Waals surface area contributed by atoms with E-state index in [4.69, 9.17) is 32.4 Å². The molecule has 1 heterocycles. The second kappa shape index (κ2) is 4.82. The minimum Gasteiger partial charge on any atom is -0.495 e. The molecule has 0 radical (unpaired) electrons. The van der Waals surface area contributed by atoms with Crippen molar-refractivity contribution in [2.45, 2.75) is 0 Å². The van der Waals surface area contributed by atoms with Crippen LogP contribution < -0.4 is 4.74 Å². The Hall–Kier alpha value is -1.45. The zero-order valence-corrected chi connectivity index (χ0v) is 10.4. The number of carbonyl (C=O) groups is 1. The molecule has 17 heavy (non-hydrogen) atoms. The summed E-state index contributed by atoms with van der Waals surface area (Å²) in [5.41, 5.74) is 0.750. The number of rotatable bonds is 3. The largest absolute Gasteiger partial charge is 0.495 e. The summed E-state index contributed by atoms with van der Waals surface area (Å²) in [4.78, 5) is 10.9. The maximum atomic E-state index is 10.9. The number of hydrogen-bond acceptors (Lipinski definition) is 3. The van der Waals surface area contributed by atoms with E-state index in [0.717, 1.165) is 5.56 Å². The van der Waals surface area contributed by atoms with Crippen molar-refractivity contribution >= 4 is 28.4 Å². The van der Waals surface area contributed by atoms with Crippen LogP contribution in [0.3, 0.4) is 0 Å². The van der Waals surface area contributed by atoms with Gasteiger partial charge in [0.1, 0.15) is 11.5 Å². The van der Waals surface area contributed by atoms with Gasteiger partial charge in [0.2, 0.25) is 0 Å². The Balaban J connectivity index is 2.39. The van der Waals surface area contributed by atoms with Crippen molar-refractivity contribution < 1.29 is 13.9 Å². The average molecular weight is 271 g/mol. The number of halogens is 2. The van der Waals surface area contributed by atoms with E-state index in [1.807, 2.05) is 0 Å². The van der Waals surface area contributed by atoms with Gasteiger partial charge in [-0.1, -0.05) is 11.6 Å². The second-order valence-corrected chi connectivity index (χ2v) is 4.04. The van der Waals surface area contributed by atoms with Crippen molar-refractivity contribution in [2.75, 3.05) is 7.11 Å². The molecule has 0 fully saturated rings. The van der Waals surface area contributed by atoms with Gasteiger partial charge in [0.05, 0.1) is 12.1 Å². The Morgan fingerprint density at radius 1 is 1.29 bits per heavy atom. The minimum atomic E-state index is -0.629. The summed E-state index contributed by atoms with van der Waals surface area (Å²) in [6.07, 6.45) is 0. The SMILES string of the molecule is COc1ccc(-c2ccc(C(=O)Cl)o2)cc1Cl. The third-order valence-electron chi connectivity index (χ3n) is 2.24. The Kier molecular flexibility index (Phi) is 3.41. The molecule has 0 saturated heterocycles. The van der Waals surface area contributed by atoms with E-state index < -0.39 is 5.24 Å².